The second-order valence-corrected chi connectivity index (χ2v) is 11.2. The van der Waals surface area contributed by atoms with Crippen LogP contribution in [0.4, 0.5) is 0 Å². The molecule has 6 rings (SSSR count). The monoisotopic (exact) mass is 590 g/mol. The van der Waals surface area contributed by atoms with Gasteiger partial charge in [-0.25, -0.2) is 0 Å². The zero-order chi connectivity index (χ0) is 30.7. The van der Waals surface area contributed by atoms with Crippen LogP contribution in [0.25, 0.3) is 33.4 Å². The predicted molar refractivity (Wildman–Crippen MR) is 177 cm³/mol. The molecule has 0 radical (unpaired) electrons. The number of hydrogen-bond acceptors (Lipinski definition) is 6. The third kappa shape index (κ3) is 7.81. The highest BCUT2D eigenvalue weighted by atomic mass is 16.3. The third-order valence-corrected chi connectivity index (χ3v) is 7.72. The topological polar surface area (TPSA) is 102 Å². The van der Waals surface area contributed by atoms with Gasteiger partial charge in [0.15, 0.2) is 0 Å². The molecule has 2 aromatic heterocycles. The average Bonchev–Trinajstić information content (AvgIpc) is 3.68. The predicted octanol–water partition coefficient (Wildman–Crippen LogP) is 8.50. The Morgan fingerprint density at radius 2 is 0.864 bits per heavy atom. The van der Waals surface area contributed by atoms with Gasteiger partial charge in [0, 0.05) is 0 Å². The van der Waals surface area contributed by atoms with Crippen molar-refractivity contribution >= 4 is 22.1 Å². The summed E-state index contributed by atoms with van der Waals surface area (Å²) >= 11 is 0. The lowest BCUT2D eigenvalue weighted by Gasteiger charge is -2.07. The van der Waals surface area contributed by atoms with E-state index in [1.54, 1.807) is 12.1 Å². The lowest BCUT2D eigenvalue weighted by Crippen LogP contribution is -2.00. The molecule has 4 aromatic carbocycles. The van der Waals surface area contributed by atoms with Gasteiger partial charge < -0.3 is 10.2 Å². The summed E-state index contributed by atoms with van der Waals surface area (Å²) < 4.78 is 0. The Bertz CT molecular complexity index is 1720. The number of aromatic nitrogens is 6. The zero-order valence-electron chi connectivity index (χ0n) is 25.7. The van der Waals surface area contributed by atoms with E-state index >= 15 is 0 Å². The van der Waals surface area contributed by atoms with E-state index in [2.05, 4.69) is 34.2 Å². The van der Waals surface area contributed by atoms with E-state index in [9.17, 15) is 10.2 Å². The maximum absolute atomic E-state index is 10.2. The largest absolute Gasteiger partial charge is 0.506 e. The minimum absolute atomic E-state index is 0.200. The van der Waals surface area contributed by atoms with Crippen molar-refractivity contribution in [2.45, 2.75) is 78.1 Å². The first-order chi connectivity index (χ1) is 21.6. The summed E-state index contributed by atoms with van der Waals surface area (Å²) in [5, 5.41) is 38.0. The van der Waals surface area contributed by atoms with Crippen LogP contribution in [0, 0.1) is 0 Å². The number of phenols is 2. The molecule has 0 bridgehead atoms. The molecule has 44 heavy (non-hydrogen) atoms. The second-order valence-electron chi connectivity index (χ2n) is 11.2. The second kappa shape index (κ2) is 15.1. The molecule has 0 fully saturated rings. The highest BCUT2D eigenvalue weighted by Gasteiger charge is 2.11. The minimum atomic E-state index is 0.200. The first kappa shape index (κ1) is 30.7. The van der Waals surface area contributed by atoms with Crippen molar-refractivity contribution in [3.63, 3.8) is 0 Å². The number of benzene rings is 4. The Morgan fingerprint density at radius 3 is 1.30 bits per heavy atom. The van der Waals surface area contributed by atoms with Crippen LogP contribution in [0.2, 0.25) is 0 Å². The normalized spacial score (nSPS) is 11.1. The molecule has 0 amide bonds. The van der Waals surface area contributed by atoms with Crippen molar-refractivity contribution in [3.8, 4) is 22.9 Å². The van der Waals surface area contributed by atoms with E-state index in [0.29, 0.717) is 11.4 Å². The maximum Gasteiger partial charge on any atom is 0.143 e. The van der Waals surface area contributed by atoms with Crippen molar-refractivity contribution in [1.29, 1.82) is 0 Å². The Balaban J connectivity index is 0.000000177. The average molecular weight is 591 g/mol. The number of aromatic hydroxyl groups is 2. The SMILES string of the molecule is CCCCCCCCc1ccc(O)c(-n2nc3ccccc3n2)c1.CCCCc1ccc(O)c(-n2nc3ccccc3n2)c1. The summed E-state index contributed by atoms with van der Waals surface area (Å²) in [7, 11) is 0. The Morgan fingerprint density at radius 1 is 0.477 bits per heavy atom. The van der Waals surface area contributed by atoms with Crippen LogP contribution in [0.3, 0.4) is 0 Å². The van der Waals surface area contributed by atoms with Crippen LogP contribution in [0.1, 0.15) is 76.3 Å². The summed E-state index contributed by atoms with van der Waals surface area (Å²) in [5.41, 5.74) is 7.01. The van der Waals surface area contributed by atoms with Gasteiger partial charge in [-0.2, -0.15) is 0 Å². The minimum Gasteiger partial charge on any atom is -0.506 e. The van der Waals surface area contributed by atoms with E-state index in [4.69, 9.17) is 0 Å². The van der Waals surface area contributed by atoms with Crippen LogP contribution in [0.5, 0.6) is 11.5 Å². The molecule has 0 saturated carbocycles. The van der Waals surface area contributed by atoms with Gasteiger partial charge >= 0.3 is 0 Å². The fraction of sp³-hybridized carbons (Fsp3) is 0.333. The first-order valence-electron chi connectivity index (χ1n) is 15.8. The molecule has 2 N–H and O–H groups in total. The van der Waals surface area contributed by atoms with Crippen molar-refractivity contribution in [3.05, 3.63) is 96.1 Å². The summed E-state index contributed by atoms with van der Waals surface area (Å²) in [5.74, 6) is 0.410. The smallest absolute Gasteiger partial charge is 0.143 e. The molecule has 228 valence electrons. The molecular weight excluding hydrogens is 548 g/mol. The van der Waals surface area contributed by atoms with Gasteiger partial charge in [0.25, 0.3) is 0 Å². The van der Waals surface area contributed by atoms with Gasteiger partial charge in [-0.1, -0.05) is 88.8 Å². The molecule has 0 spiro atoms. The Kier molecular flexibility index (Phi) is 10.6. The lowest BCUT2D eigenvalue weighted by molar-refractivity contribution is 0.467. The van der Waals surface area contributed by atoms with Crippen molar-refractivity contribution in [2.24, 2.45) is 0 Å². The molecule has 0 atom stereocenters. The van der Waals surface area contributed by atoms with E-state index in [1.807, 2.05) is 72.8 Å². The summed E-state index contributed by atoms with van der Waals surface area (Å²) in [4.78, 5) is 3.04. The van der Waals surface area contributed by atoms with Gasteiger partial charge in [0.1, 0.15) is 44.9 Å². The molecule has 0 unspecified atom stereocenters. The van der Waals surface area contributed by atoms with Crippen LogP contribution in [0.15, 0.2) is 84.9 Å². The molecule has 0 aliphatic rings. The number of aryl methyl sites for hydroxylation is 2. The number of rotatable bonds is 12. The molecule has 6 aromatic rings. The zero-order valence-corrected chi connectivity index (χ0v) is 25.7. The Hall–Kier alpha value is -4.72. The number of phenolic OH excluding ortho intramolecular Hbond substituents is 2. The van der Waals surface area contributed by atoms with E-state index in [0.717, 1.165) is 47.8 Å². The fourth-order valence-corrected chi connectivity index (χ4v) is 5.19. The highest BCUT2D eigenvalue weighted by molar-refractivity contribution is 5.74. The number of hydrogen-bond donors (Lipinski definition) is 2. The molecule has 0 aliphatic heterocycles. The van der Waals surface area contributed by atoms with E-state index in [1.165, 1.54) is 59.2 Å². The summed E-state index contributed by atoms with van der Waals surface area (Å²) in [6.45, 7) is 4.41. The van der Waals surface area contributed by atoms with Crippen molar-refractivity contribution in [2.75, 3.05) is 0 Å². The molecule has 2 heterocycles. The standard InChI is InChI=1S/C20H25N3O.C16H17N3O/c1-2-3-4-5-6-7-10-16-13-14-20(24)19(15-16)23-21-17-11-8-9-12-18(17)22-23;1-2-3-6-12-9-10-16(20)15(11-12)19-17-13-7-4-5-8-14(13)18-19/h8-9,11-15,24H,2-7,10H2,1H3;4-5,7-11,20H,2-3,6H2,1H3. The lowest BCUT2D eigenvalue weighted by atomic mass is 10.0. The molecular formula is C36H42N6O2. The van der Waals surface area contributed by atoms with Gasteiger partial charge in [-0.05, 0) is 85.3 Å². The molecule has 0 aliphatic carbocycles. The number of unbranched alkanes of at least 4 members (excludes halogenated alkanes) is 6. The van der Waals surface area contributed by atoms with Gasteiger partial charge in [-0.3, -0.25) is 0 Å². The molecule has 8 heteroatoms. The van der Waals surface area contributed by atoms with Crippen molar-refractivity contribution in [1.82, 2.24) is 30.0 Å². The van der Waals surface area contributed by atoms with Crippen LogP contribution in [-0.4, -0.2) is 40.2 Å². The Labute approximate surface area is 259 Å². The van der Waals surface area contributed by atoms with E-state index < -0.39 is 0 Å². The molecule has 8 nitrogen and oxygen atoms in total. The highest BCUT2D eigenvalue weighted by Crippen LogP contribution is 2.25. The van der Waals surface area contributed by atoms with Gasteiger partial charge in [-0.15, -0.1) is 30.0 Å². The summed E-state index contributed by atoms with van der Waals surface area (Å²) in [6.07, 6.45) is 12.0. The van der Waals surface area contributed by atoms with E-state index in [-0.39, 0.29) is 11.5 Å². The third-order valence-electron chi connectivity index (χ3n) is 7.72. The first-order valence-corrected chi connectivity index (χ1v) is 15.8. The maximum atomic E-state index is 10.2. The van der Waals surface area contributed by atoms with Crippen LogP contribution >= 0.6 is 0 Å². The van der Waals surface area contributed by atoms with Crippen LogP contribution in [-0.2, 0) is 12.8 Å². The van der Waals surface area contributed by atoms with Gasteiger partial charge in [0.2, 0.25) is 0 Å². The number of nitrogens with zero attached hydrogens (tertiary/aromatic N) is 6. The van der Waals surface area contributed by atoms with Crippen LogP contribution < -0.4 is 0 Å². The fourth-order valence-electron chi connectivity index (χ4n) is 5.19. The summed E-state index contributed by atoms with van der Waals surface area (Å²) in [6, 6.07) is 26.8. The van der Waals surface area contributed by atoms with Crippen molar-refractivity contribution < 1.29 is 10.2 Å². The van der Waals surface area contributed by atoms with Gasteiger partial charge in [0.05, 0.1) is 0 Å². The molecule has 0 saturated heterocycles. The quantitative estimate of drug-likeness (QED) is 0.139. The number of fused-ring (bicyclic) bond motifs is 2.